The van der Waals surface area contributed by atoms with Crippen molar-refractivity contribution in [1.29, 1.82) is 0 Å². The van der Waals surface area contributed by atoms with Gasteiger partial charge in [0.2, 0.25) is 5.91 Å². The SMILES string of the molecule is Cc1ccc(NCC(=O)Nc2cccc(C(=O)Nc3cccc(C(F)(F)F)c3)c2)c(C)c1. The Kier molecular flexibility index (Phi) is 6.82. The van der Waals surface area contributed by atoms with Crippen LogP contribution in [-0.2, 0) is 11.0 Å². The van der Waals surface area contributed by atoms with Crippen molar-refractivity contribution in [1.82, 2.24) is 0 Å². The first-order valence-electron chi connectivity index (χ1n) is 9.81. The van der Waals surface area contributed by atoms with Crippen LogP contribution in [0.3, 0.4) is 0 Å². The van der Waals surface area contributed by atoms with Crippen LogP contribution in [0.1, 0.15) is 27.0 Å². The molecule has 0 heterocycles. The quantitative estimate of drug-likeness (QED) is 0.465. The van der Waals surface area contributed by atoms with Crippen molar-refractivity contribution in [2.45, 2.75) is 20.0 Å². The number of hydrogen-bond donors (Lipinski definition) is 3. The summed E-state index contributed by atoms with van der Waals surface area (Å²) >= 11 is 0. The number of hydrogen-bond acceptors (Lipinski definition) is 3. The first kappa shape index (κ1) is 22.9. The molecule has 8 heteroatoms. The Hall–Kier alpha value is -3.81. The maximum absolute atomic E-state index is 12.9. The second kappa shape index (κ2) is 9.55. The molecule has 0 saturated carbocycles. The highest BCUT2D eigenvalue weighted by molar-refractivity contribution is 6.05. The number of nitrogens with one attached hydrogen (secondary N) is 3. The van der Waals surface area contributed by atoms with E-state index in [-0.39, 0.29) is 23.7 Å². The molecule has 0 unspecified atom stereocenters. The fourth-order valence-electron chi connectivity index (χ4n) is 3.11. The highest BCUT2D eigenvalue weighted by atomic mass is 19.4. The highest BCUT2D eigenvalue weighted by Gasteiger charge is 2.30. The van der Waals surface area contributed by atoms with Gasteiger partial charge in [0, 0.05) is 22.6 Å². The smallest absolute Gasteiger partial charge is 0.376 e. The van der Waals surface area contributed by atoms with Gasteiger partial charge in [-0.3, -0.25) is 9.59 Å². The lowest BCUT2D eigenvalue weighted by Crippen LogP contribution is -2.22. The number of amides is 2. The zero-order valence-corrected chi connectivity index (χ0v) is 17.5. The summed E-state index contributed by atoms with van der Waals surface area (Å²) in [5.74, 6) is -0.894. The van der Waals surface area contributed by atoms with E-state index in [0.29, 0.717) is 5.69 Å². The van der Waals surface area contributed by atoms with Crippen LogP contribution >= 0.6 is 0 Å². The van der Waals surface area contributed by atoms with E-state index in [4.69, 9.17) is 0 Å². The van der Waals surface area contributed by atoms with Crippen molar-refractivity contribution >= 4 is 28.9 Å². The standard InChI is InChI=1S/C24H22F3N3O2/c1-15-9-10-21(16(2)11-15)28-14-22(31)29-19-7-3-5-17(12-19)23(32)30-20-8-4-6-18(13-20)24(25,26)27/h3-13,28H,14H2,1-2H3,(H,29,31)(H,30,32). The Morgan fingerprint density at radius 1 is 0.844 bits per heavy atom. The Bertz CT molecular complexity index is 1140. The minimum absolute atomic E-state index is 0.0249. The predicted molar refractivity (Wildman–Crippen MR) is 119 cm³/mol. The second-order valence-corrected chi connectivity index (χ2v) is 7.33. The lowest BCUT2D eigenvalue weighted by Gasteiger charge is -2.12. The summed E-state index contributed by atoms with van der Waals surface area (Å²) in [5, 5.41) is 8.21. The van der Waals surface area contributed by atoms with Crippen LogP contribution in [0, 0.1) is 13.8 Å². The molecule has 166 valence electrons. The third-order valence-electron chi connectivity index (χ3n) is 4.68. The molecule has 0 spiro atoms. The van der Waals surface area contributed by atoms with Gasteiger partial charge in [-0.05, 0) is 61.9 Å². The van der Waals surface area contributed by atoms with Gasteiger partial charge in [-0.2, -0.15) is 13.2 Å². The van der Waals surface area contributed by atoms with Gasteiger partial charge < -0.3 is 16.0 Å². The topological polar surface area (TPSA) is 70.2 Å². The minimum Gasteiger partial charge on any atom is -0.376 e. The van der Waals surface area contributed by atoms with E-state index in [9.17, 15) is 22.8 Å². The second-order valence-electron chi connectivity index (χ2n) is 7.33. The van der Waals surface area contributed by atoms with Crippen LogP contribution in [0.2, 0.25) is 0 Å². The maximum Gasteiger partial charge on any atom is 0.416 e. The normalized spacial score (nSPS) is 11.0. The summed E-state index contributed by atoms with van der Waals surface area (Å²) in [7, 11) is 0. The molecule has 0 aromatic heterocycles. The number of benzene rings is 3. The molecular weight excluding hydrogens is 419 g/mol. The van der Waals surface area contributed by atoms with Gasteiger partial charge >= 0.3 is 6.18 Å². The molecule has 0 bridgehead atoms. The molecule has 0 aliphatic heterocycles. The van der Waals surface area contributed by atoms with Crippen molar-refractivity contribution in [3.05, 3.63) is 89.0 Å². The predicted octanol–water partition coefficient (Wildman–Crippen LogP) is 5.63. The third kappa shape index (κ3) is 6.10. The van der Waals surface area contributed by atoms with Crippen molar-refractivity contribution in [2.75, 3.05) is 22.5 Å². The lowest BCUT2D eigenvalue weighted by atomic mass is 10.1. The Morgan fingerprint density at radius 3 is 2.22 bits per heavy atom. The van der Waals surface area contributed by atoms with Gasteiger partial charge in [0.1, 0.15) is 0 Å². The number of carbonyl (C=O) groups excluding carboxylic acids is 2. The molecule has 2 amide bonds. The van der Waals surface area contributed by atoms with Crippen LogP contribution in [0.15, 0.2) is 66.7 Å². The maximum atomic E-state index is 12.9. The summed E-state index contributed by atoms with van der Waals surface area (Å²) in [6, 6.07) is 16.4. The van der Waals surface area contributed by atoms with Crippen LogP contribution in [0.4, 0.5) is 30.2 Å². The molecule has 0 radical (unpaired) electrons. The number of alkyl halides is 3. The molecule has 5 nitrogen and oxygen atoms in total. The molecule has 0 saturated heterocycles. The van der Waals surface area contributed by atoms with Gasteiger partial charge in [0.25, 0.3) is 5.91 Å². The van der Waals surface area contributed by atoms with E-state index in [1.54, 1.807) is 12.1 Å². The number of rotatable bonds is 6. The minimum atomic E-state index is -4.50. The van der Waals surface area contributed by atoms with Crippen LogP contribution in [0.25, 0.3) is 0 Å². The molecule has 0 aliphatic carbocycles. The van der Waals surface area contributed by atoms with Gasteiger partial charge in [0.05, 0.1) is 12.1 Å². The summed E-state index contributed by atoms with van der Waals surface area (Å²) in [4.78, 5) is 24.8. The molecule has 0 aliphatic rings. The van der Waals surface area contributed by atoms with Gasteiger partial charge in [0.15, 0.2) is 0 Å². The average molecular weight is 441 g/mol. The first-order chi connectivity index (χ1) is 15.1. The molecule has 3 rings (SSSR count). The fraction of sp³-hybridized carbons (Fsp3) is 0.167. The van der Waals surface area contributed by atoms with E-state index in [2.05, 4.69) is 16.0 Å². The largest absolute Gasteiger partial charge is 0.416 e. The summed E-state index contributed by atoms with van der Waals surface area (Å²) in [5.41, 5.74) is 2.75. The zero-order valence-electron chi connectivity index (χ0n) is 17.5. The summed E-state index contributed by atoms with van der Waals surface area (Å²) in [6.07, 6.45) is -4.50. The Morgan fingerprint density at radius 2 is 1.53 bits per heavy atom. The average Bonchev–Trinajstić information content (AvgIpc) is 2.73. The molecule has 3 aromatic rings. The van der Waals surface area contributed by atoms with Crippen molar-refractivity contribution in [2.24, 2.45) is 0 Å². The molecule has 0 atom stereocenters. The van der Waals surface area contributed by atoms with E-state index in [0.717, 1.165) is 28.9 Å². The molecule has 3 N–H and O–H groups in total. The first-order valence-corrected chi connectivity index (χ1v) is 9.81. The Balaban J connectivity index is 1.62. The van der Waals surface area contributed by atoms with Crippen LogP contribution in [0.5, 0.6) is 0 Å². The van der Waals surface area contributed by atoms with Crippen LogP contribution < -0.4 is 16.0 Å². The summed E-state index contributed by atoms with van der Waals surface area (Å²) in [6.45, 7) is 3.96. The van der Waals surface area contributed by atoms with Crippen LogP contribution in [-0.4, -0.2) is 18.4 Å². The molecular formula is C24H22F3N3O2. The van der Waals surface area contributed by atoms with Gasteiger partial charge in [-0.15, -0.1) is 0 Å². The number of halogens is 3. The van der Waals surface area contributed by atoms with E-state index in [1.807, 2.05) is 32.0 Å². The monoisotopic (exact) mass is 441 g/mol. The van der Waals surface area contributed by atoms with Crippen molar-refractivity contribution < 1.29 is 22.8 Å². The zero-order chi connectivity index (χ0) is 23.3. The number of aryl methyl sites for hydroxylation is 2. The van der Waals surface area contributed by atoms with Crippen molar-refractivity contribution in [3.63, 3.8) is 0 Å². The Labute approximate surface area is 183 Å². The summed E-state index contributed by atoms with van der Waals surface area (Å²) < 4.78 is 38.6. The number of anilines is 3. The fourth-order valence-corrected chi connectivity index (χ4v) is 3.11. The number of carbonyl (C=O) groups is 2. The molecule has 0 fully saturated rings. The van der Waals surface area contributed by atoms with Gasteiger partial charge in [-0.25, -0.2) is 0 Å². The third-order valence-corrected chi connectivity index (χ3v) is 4.68. The highest BCUT2D eigenvalue weighted by Crippen LogP contribution is 2.30. The molecule has 3 aromatic carbocycles. The van der Waals surface area contributed by atoms with Crippen molar-refractivity contribution in [3.8, 4) is 0 Å². The van der Waals surface area contributed by atoms with E-state index < -0.39 is 17.6 Å². The van der Waals surface area contributed by atoms with E-state index >= 15 is 0 Å². The lowest BCUT2D eigenvalue weighted by molar-refractivity contribution is -0.137. The van der Waals surface area contributed by atoms with E-state index in [1.165, 1.54) is 24.3 Å². The molecule has 32 heavy (non-hydrogen) atoms. The van der Waals surface area contributed by atoms with Gasteiger partial charge in [-0.1, -0.05) is 29.8 Å².